The molecule has 0 radical (unpaired) electrons. The van der Waals surface area contributed by atoms with Gasteiger partial charge in [-0.2, -0.15) is 0 Å². The van der Waals surface area contributed by atoms with Crippen LogP contribution in [-0.2, 0) is 16.8 Å². The molecular formula is C22H26N6O2S. The van der Waals surface area contributed by atoms with Crippen LogP contribution in [0.3, 0.4) is 0 Å². The SMILES string of the molecule is Cc1cccnc1C1(CNc2ccc(-c3ncc(CNC(=O)C(C)O)s3)nn2)CCC1. The zero-order valence-electron chi connectivity index (χ0n) is 17.6. The molecular weight excluding hydrogens is 412 g/mol. The molecule has 3 aromatic heterocycles. The lowest BCUT2D eigenvalue weighted by atomic mass is 9.65. The van der Waals surface area contributed by atoms with E-state index in [4.69, 9.17) is 0 Å². The average molecular weight is 439 g/mol. The molecule has 1 atom stereocenters. The predicted octanol–water partition coefficient (Wildman–Crippen LogP) is 2.83. The third kappa shape index (κ3) is 4.72. The van der Waals surface area contributed by atoms with Gasteiger partial charge in [-0.15, -0.1) is 21.5 Å². The average Bonchev–Trinajstić information content (AvgIpc) is 3.22. The number of rotatable bonds is 8. The second-order valence-electron chi connectivity index (χ2n) is 7.99. The predicted molar refractivity (Wildman–Crippen MR) is 120 cm³/mol. The summed E-state index contributed by atoms with van der Waals surface area (Å²) in [6, 6.07) is 7.91. The first-order chi connectivity index (χ1) is 15.0. The molecule has 0 aliphatic heterocycles. The lowest BCUT2D eigenvalue weighted by molar-refractivity contribution is -0.128. The molecule has 3 aromatic rings. The Morgan fingerprint density at radius 1 is 1.26 bits per heavy atom. The van der Waals surface area contributed by atoms with Gasteiger partial charge in [0.05, 0.1) is 12.2 Å². The van der Waals surface area contributed by atoms with Crippen molar-refractivity contribution >= 4 is 23.1 Å². The summed E-state index contributed by atoms with van der Waals surface area (Å²) in [5, 5.41) is 24.7. The Bertz CT molecular complexity index is 1050. The molecule has 162 valence electrons. The van der Waals surface area contributed by atoms with Crippen molar-refractivity contribution in [2.45, 2.75) is 51.2 Å². The van der Waals surface area contributed by atoms with Gasteiger partial charge in [-0.1, -0.05) is 12.5 Å². The summed E-state index contributed by atoms with van der Waals surface area (Å²) in [6.45, 7) is 4.66. The number of nitrogens with zero attached hydrogens (tertiary/aromatic N) is 4. The maximum atomic E-state index is 11.5. The zero-order chi connectivity index (χ0) is 21.8. The summed E-state index contributed by atoms with van der Waals surface area (Å²) < 4.78 is 0. The molecule has 1 fully saturated rings. The first-order valence-electron chi connectivity index (χ1n) is 10.4. The van der Waals surface area contributed by atoms with Gasteiger partial charge in [-0.3, -0.25) is 9.78 Å². The summed E-state index contributed by atoms with van der Waals surface area (Å²) in [6.07, 6.45) is 6.00. The number of aryl methyl sites for hydroxylation is 1. The Hall–Kier alpha value is -2.91. The van der Waals surface area contributed by atoms with E-state index in [9.17, 15) is 9.90 Å². The van der Waals surface area contributed by atoms with Crippen molar-refractivity contribution in [1.82, 2.24) is 25.5 Å². The molecule has 4 rings (SSSR count). The fraction of sp³-hybridized carbons (Fsp3) is 0.409. The van der Waals surface area contributed by atoms with Gasteiger partial charge in [0.25, 0.3) is 0 Å². The van der Waals surface area contributed by atoms with Crippen molar-refractivity contribution in [2.24, 2.45) is 0 Å². The molecule has 0 spiro atoms. The third-order valence-electron chi connectivity index (χ3n) is 5.68. The van der Waals surface area contributed by atoms with Crippen LogP contribution in [0.4, 0.5) is 5.82 Å². The van der Waals surface area contributed by atoms with Crippen LogP contribution in [0.5, 0.6) is 0 Å². The number of thiazole rings is 1. The van der Waals surface area contributed by atoms with Crippen LogP contribution in [-0.4, -0.2) is 43.8 Å². The van der Waals surface area contributed by atoms with Gasteiger partial charge in [0.2, 0.25) is 5.91 Å². The summed E-state index contributed by atoms with van der Waals surface area (Å²) in [7, 11) is 0. The number of pyridine rings is 1. The summed E-state index contributed by atoms with van der Waals surface area (Å²) >= 11 is 1.44. The number of amides is 1. The zero-order valence-corrected chi connectivity index (χ0v) is 18.4. The highest BCUT2D eigenvalue weighted by Gasteiger charge is 2.40. The summed E-state index contributed by atoms with van der Waals surface area (Å²) in [4.78, 5) is 21.4. The Morgan fingerprint density at radius 2 is 2.10 bits per heavy atom. The molecule has 1 amide bonds. The summed E-state index contributed by atoms with van der Waals surface area (Å²) in [5.74, 6) is 0.319. The molecule has 1 unspecified atom stereocenters. The van der Waals surface area contributed by atoms with Crippen LogP contribution in [0.25, 0.3) is 10.7 Å². The van der Waals surface area contributed by atoms with Gasteiger partial charge in [0.1, 0.15) is 22.6 Å². The standard InChI is InChI=1S/C22H26N6O2S/c1-14-5-3-10-23-19(14)22(8-4-9-22)13-26-18-7-6-17(27-28-18)21-25-12-16(31-21)11-24-20(30)15(2)29/h3,5-7,10,12,15,29H,4,8-9,11,13H2,1-2H3,(H,24,30)(H,26,28). The lowest BCUT2D eigenvalue weighted by Gasteiger charge is -2.42. The maximum absolute atomic E-state index is 11.5. The van der Waals surface area contributed by atoms with E-state index in [1.54, 1.807) is 6.20 Å². The van der Waals surface area contributed by atoms with Crippen LogP contribution in [0.15, 0.2) is 36.7 Å². The van der Waals surface area contributed by atoms with Crippen molar-refractivity contribution in [3.63, 3.8) is 0 Å². The molecule has 1 aliphatic carbocycles. The quantitative estimate of drug-likeness (QED) is 0.496. The van der Waals surface area contributed by atoms with Gasteiger partial charge >= 0.3 is 0 Å². The van der Waals surface area contributed by atoms with E-state index in [-0.39, 0.29) is 5.41 Å². The van der Waals surface area contributed by atoms with E-state index in [0.717, 1.165) is 35.1 Å². The van der Waals surface area contributed by atoms with Crippen LogP contribution >= 0.6 is 11.3 Å². The van der Waals surface area contributed by atoms with E-state index < -0.39 is 12.0 Å². The van der Waals surface area contributed by atoms with Crippen LogP contribution in [0.1, 0.15) is 42.3 Å². The Kier molecular flexibility index (Phi) is 6.24. The van der Waals surface area contributed by atoms with Gasteiger partial charge < -0.3 is 15.7 Å². The number of hydrogen-bond acceptors (Lipinski definition) is 8. The monoisotopic (exact) mass is 438 g/mol. The first-order valence-corrected chi connectivity index (χ1v) is 11.2. The molecule has 3 N–H and O–H groups in total. The van der Waals surface area contributed by atoms with Crippen molar-refractivity contribution in [3.8, 4) is 10.7 Å². The van der Waals surface area contributed by atoms with E-state index in [1.165, 1.54) is 35.9 Å². The van der Waals surface area contributed by atoms with Crippen molar-refractivity contribution in [3.05, 3.63) is 52.8 Å². The topological polar surface area (TPSA) is 113 Å². The highest BCUT2D eigenvalue weighted by Crippen LogP contribution is 2.44. The number of aromatic nitrogens is 4. The van der Waals surface area contributed by atoms with Crippen molar-refractivity contribution in [1.29, 1.82) is 0 Å². The largest absolute Gasteiger partial charge is 0.384 e. The smallest absolute Gasteiger partial charge is 0.248 e. The molecule has 9 heteroatoms. The molecule has 1 saturated carbocycles. The number of carbonyl (C=O) groups excluding carboxylic acids is 1. The van der Waals surface area contributed by atoms with Gasteiger partial charge in [-0.25, -0.2) is 4.98 Å². The second-order valence-corrected chi connectivity index (χ2v) is 9.10. The molecule has 0 bridgehead atoms. The minimum Gasteiger partial charge on any atom is -0.384 e. The highest BCUT2D eigenvalue weighted by molar-refractivity contribution is 7.15. The summed E-state index contributed by atoms with van der Waals surface area (Å²) in [5.41, 5.74) is 3.15. The van der Waals surface area contributed by atoms with Gasteiger partial charge in [0, 0.05) is 29.2 Å². The minimum absolute atomic E-state index is 0.0619. The fourth-order valence-electron chi connectivity index (χ4n) is 3.77. The minimum atomic E-state index is -1.03. The molecule has 0 aromatic carbocycles. The van der Waals surface area contributed by atoms with E-state index in [2.05, 4.69) is 43.8 Å². The number of aliphatic hydroxyl groups excluding tert-OH is 1. The Morgan fingerprint density at radius 3 is 2.74 bits per heavy atom. The Balaban J connectivity index is 1.38. The number of hydrogen-bond donors (Lipinski definition) is 3. The van der Waals surface area contributed by atoms with Gasteiger partial charge in [0.15, 0.2) is 0 Å². The molecule has 1 aliphatic rings. The number of carbonyl (C=O) groups is 1. The number of anilines is 1. The lowest BCUT2D eigenvalue weighted by Crippen LogP contribution is -2.42. The van der Waals surface area contributed by atoms with E-state index in [0.29, 0.717) is 12.2 Å². The van der Waals surface area contributed by atoms with Crippen LogP contribution in [0.2, 0.25) is 0 Å². The first kappa shape index (κ1) is 21.3. The van der Waals surface area contributed by atoms with Gasteiger partial charge in [-0.05, 0) is 50.5 Å². The number of nitrogens with one attached hydrogen (secondary N) is 2. The van der Waals surface area contributed by atoms with Crippen molar-refractivity contribution in [2.75, 3.05) is 11.9 Å². The maximum Gasteiger partial charge on any atom is 0.248 e. The normalized spacial score (nSPS) is 15.7. The number of aliphatic hydroxyl groups is 1. The van der Waals surface area contributed by atoms with Crippen LogP contribution < -0.4 is 10.6 Å². The third-order valence-corrected chi connectivity index (χ3v) is 6.70. The molecule has 8 nitrogen and oxygen atoms in total. The highest BCUT2D eigenvalue weighted by atomic mass is 32.1. The molecule has 0 saturated heterocycles. The second kappa shape index (κ2) is 9.07. The van der Waals surface area contributed by atoms with Crippen molar-refractivity contribution < 1.29 is 9.90 Å². The van der Waals surface area contributed by atoms with E-state index >= 15 is 0 Å². The Labute approximate surface area is 185 Å². The fourth-order valence-corrected chi connectivity index (χ4v) is 4.59. The van der Waals surface area contributed by atoms with Crippen LogP contribution in [0, 0.1) is 6.92 Å². The molecule has 3 heterocycles. The molecule has 31 heavy (non-hydrogen) atoms. The van der Waals surface area contributed by atoms with E-state index in [1.807, 2.05) is 24.4 Å².